The van der Waals surface area contributed by atoms with Crippen LogP contribution in [-0.4, -0.2) is 27.7 Å². The predicted octanol–water partition coefficient (Wildman–Crippen LogP) is 5.76. The van der Waals surface area contributed by atoms with Gasteiger partial charge in [0.2, 0.25) is 0 Å². The van der Waals surface area contributed by atoms with Gasteiger partial charge >= 0.3 is 0 Å². The lowest BCUT2D eigenvalue weighted by Crippen LogP contribution is -2.20. The van der Waals surface area contributed by atoms with E-state index in [1.54, 1.807) is 74.6 Å². The maximum Gasteiger partial charge on any atom is 0.277 e. The molecule has 10 heteroatoms. The Morgan fingerprint density at radius 3 is 2.31 bits per heavy atom. The van der Waals surface area contributed by atoms with Gasteiger partial charge in [-0.3, -0.25) is 14.6 Å². The molecule has 0 atom stereocenters. The van der Waals surface area contributed by atoms with Gasteiger partial charge in [0, 0.05) is 23.6 Å². The maximum atomic E-state index is 12.9. The molecule has 0 unspecified atom stereocenters. The second-order valence-corrected chi connectivity index (χ2v) is 8.28. The Bertz CT molecular complexity index is 1400. The minimum Gasteiger partial charge on any atom is -0.360 e. The maximum absolute atomic E-state index is 12.9. The first kappa shape index (κ1) is 24.1. The van der Waals surface area contributed by atoms with Gasteiger partial charge in [-0.25, -0.2) is 5.43 Å². The topological polar surface area (TPSA) is 109 Å². The van der Waals surface area contributed by atoms with Crippen LogP contribution < -0.4 is 10.7 Å². The number of aryl methyl sites for hydroxylation is 1. The van der Waals surface area contributed by atoms with Gasteiger partial charge in [-0.1, -0.05) is 46.6 Å². The molecule has 2 heterocycles. The largest absolute Gasteiger partial charge is 0.360 e. The van der Waals surface area contributed by atoms with Gasteiger partial charge in [-0.05, 0) is 55.8 Å². The quantitative estimate of drug-likeness (QED) is 0.254. The first-order valence-electron chi connectivity index (χ1n) is 10.4. The van der Waals surface area contributed by atoms with E-state index in [9.17, 15) is 9.59 Å². The van der Waals surface area contributed by atoms with Crippen LogP contribution in [-0.2, 0) is 0 Å². The standard InChI is InChI=1S/C25H19Cl2N5O3/c1-14(16-8-10-18(11-9-16)29-24(33)17-5-4-12-28-13-17)30-31-25(34)21-15(2)35-32-23(21)22-19(26)6-3-7-20(22)27/h3-13H,1-2H3,(H,29,33)(H,31,34). The number of hydrogen-bond donors (Lipinski definition) is 2. The third-order valence-electron chi connectivity index (χ3n) is 5.10. The van der Waals surface area contributed by atoms with Gasteiger partial charge in [0.05, 0.1) is 21.3 Å². The predicted molar refractivity (Wildman–Crippen MR) is 135 cm³/mol. The average molecular weight is 508 g/mol. The molecular weight excluding hydrogens is 489 g/mol. The highest BCUT2D eigenvalue weighted by Crippen LogP contribution is 2.36. The van der Waals surface area contributed by atoms with Gasteiger partial charge in [0.1, 0.15) is 17.0 Å². The minimum absolute atomic E-state index is 0.185. The van der Waals surface area contributed by atoms with Crippen LogP contribution in [0.15, 0.2) is 76.6 Å². The van der Waals surface area contributed by atoms with E-state index in [0.29, 0.717) is 38.3 Å². The van der Waals surface area contributed by atoms with Crippen molar-refractivity contribution in [1.29, 1.82) is 0 Å². The van der Waals surface area contributed by atoms with Crippen molar-refractivity contribution < 1.29 is 14.1 Å². The molecule has 0 radical (unpaired) electrons. The number of anilines is 1. The van der Waals surface area contributed by atoms with Crippen molar-refractivity contribution in [2.75, 3.05) is 5.32 Å². The van der Waals surface area contributed by atoms with E-state index < -0.39 is 5.91 Å². The molecule has 0 aliphatic rings. The number of nitrogens with one attached hydrogen (secondary N) is 2. The molecular formula is C25H19Cl2N5O3. The van der Waals surface area contributed by atoms with E-state index in [-0.39, 0.29) is 17.2 Å². The lowest BCUT2D eigenvalue weighted by molar-refractivity contribution is 0.0953. The summed E-state index contributed by atoms with van der Waals surface area (Å²) in [5, 5.41) is 11.7. The number of halogens is 2. The third kappa shape index (κ3) is 5.40. The van der Waals surface area contributed by atoms with Gasteiger partial charge in [-0.15, -0.1) is 0 Å². The first-order valence-corrected chi connectivity index (χ1v) is 11.2. The Labute approximate surface area is 211 Å². The fourth-order valence-electron chi connectivity index (χ4n) is 3.28. The molecule has 176 valence electrons. The van der Waals surface area contributed by atoms with Crippen molar-refractivity contribution in [3.05, 3.63) is 99.5 Å². The van der Waals surface area contributed by atoms with Gasteiger partial charge in [0.15, 0.2) is 0 Å². The molecule has 2 aromatic carbocycles. The zero-order valence-electron chi connectivity index (χ0n) is 18.7. The Balaban J connectivity index is 1.48. The summed E-state index contributed by atoms with van der Waals surface area (Å²) in [5.41, 5.74) is 5.72. The van der Waals surface area contributed by atoms with Crippen molar-refractivity contribution in [3.8, 4) is 11.3 Å². The number of nitrogens with zero attached hydrogens (tertiary/aromatic N) is 3. The van der Waals surface area contributed by atoms with Crippen molar-refractivity contribution in [3.63, 3.8) is 0 Å². The number of rotatable bonds is 6. The van der Waals surface area contributed by atoms with Gasteiger partial charge < -0.3 is 9.84 Å². The summed E-state index contributed by atoms with van der Waals surface area (Å²) in [6.45, 7) is 3.36. The molecule has 4 aromatic rings. The molecule has 4 rings (SSSR count). The first-order chi connectivity index (χ1) is 16.8. The van der Waals surface area contributed by atoms with Crippen molar-refractivity contribution in [2.45, 2.75) is 13.8 Å². The Kier molecular flexibility index (Phi) is 7.24. The van der Waals surface area contributed by atoms with E-state index in [4.69, 9.17) is 27.7 Å². The fourth-order valence-corrected chi connectivity index (χ4v) is 3.86. The van der Waals surface area contributed by atoms with Crippen LogP contribution in [0.5, 0.6) is 0 Å². The Morgan fingerprint density at radius 2 is 1.66 bits per heavy atom. The van der Waals surface area contributed by atoms with E-state index >= 15 is 0 Å². The summed E-state index contributed by atoms with van der Waals surface area (Å²) in [6.07, 6.45) is 3.09. The lowest BCUT2D eigenvalue weighted by Gasteiger charge is -2.08. The normalized spacial score (nSPS) is 11.3. The van der Waals surface area contributed by atoms with Crippen molar-refractivity contribution in [2.24, 2.45) is 5.10 Å². The second-order valence-electron chi connectivity index (χ2n) is 7.47. The Morgan fingerprint density at radius 1 is 0.943 bits per heavy atom. The number of carbonyl (C=O) groups is 2. The van der Waals surface area contributed by atoms with Crippen LogP contribution in [0.25, 0.3) is 11.3 Å². The monoisotopic (exact) mass is 507 g/mol. The van der Waals surface area contributed by atoms with Crippen LogP contribution in [0, 0.1) is 6.92 Å². The van der Waals surface area contributed by atoms with E-state index in [1.807, 2.05) is 0 Å². The lowest BCUT2D eigenvalue weighted by atomic mass is 10.1. The number of carbonyl (C=O) groups excluding carboxylic acids is 2. The zero-order valence-corrected chi connectivity index (χ0v) is 20.2. The number of benzene rings is 2. The highest BCUT2D eigenvalue weighted by molar-refractivity contribution is 6.39. The molecule has 2 amide bonds. The van der Waals surface area contributed by atoms with E-state index in [0.717, 1.165) is 5.56 Å². The molecule has 0 bridgehead atoms. The summed E-state index contributed by atoms with van der Waals surface area (Å²) in [4.78, 5) is 29.1. The molecule has 2 N–H and O–H groups in total. The number of aromatic nitrogens is 2. The minimum atomic E-state index is -0.519. The summed E-state index contributed by atoms with van der Waals surface area (Å²) >= 11 is 12.6. The van der Waals surface area contributed by atoms with Gasteiger partial charge in [-0.2, -0.15) is 5.10 Å². The molecule has 35 heavy (non-hydrogen) atoms. The number of hydrazone groups is 1. The zero-order chi connectivity index (χ0) is 24.9. The van der Waals surface area contributed by atoms with Crippen LogP contribution in [0.1, 0.15) is 39.0 Å². The van der Waals surface area contributed by atoms with Crippen LogP contribution in [0.2, 0.25) is 10.0 Å². The Hall–Kier alpha value is -4.01. The van der Waals surface area contributed by atoms with Gasteiger partial charge in [0.25, 0.3) is 11.8 Å². The number of hydrogen-bond acceptors (Lipinski definition) is 6. The molecule has 0 saturated heterocycles. The van der Waals surface area contributed by atoms with E-state index in [2.05, 4.69) is 26.0 Å². The third-order valence-corrected chi connectivity index (χ3v) is 5.73. The van der Waals surface area contributed by atoms with Crippen LogP contribution in [0.4, 0.5) is 5.69 Å². The molecule has 0 fully saturated rings. The van der Waals surface area contributed by atoms with Crippen molar-refractivity contribution in [1.82, 2.24) is 15.6 Å². The average Bonchev–Trinajstić information content (AvgIpc) is 3.24. The highest BCUT2D eigenvalue weighted by Gasteiger charge is 2.24. The molecule has 2 aromatic heterocycles. The molecule has 0 aliphatic carbocycles. The molecule has 0 saturated carbocycles. The molecule has 0 aliphatic heterocycles. The summed E-state index contributed by atoms with van der Waals surface area (Å²) in [5.74, 6) is -0.480. The van der Waals surface area contributed by atoms with Crippen LogP contribution >= 0.6 is 23.2 Å². The smallest absolute Gasteiger partial charge is 0.277 e. The second kappa shape index (κ2) is 10.5. The number of amides is 2. The number of pyridine rings is 1. The molecule has 8 nitrogen and oxygen atoms in total. The van der Waals surface area contributed by atoms with Crippen LogP contribution in [0.3, 0.4) is 0 Å². The SMILES string of the molecule is CC(=NNC(=O)c1c(-c2c(Cl)cccc2Cl)noc1C)c1ccc(NC(=O)c2cccnc2)cc1. The summed E-state index contributed by atoms with van der Waals surface area (Å²) in [6, 6.07) is 15.4. The summed E-state index contributed by atoms with van der Waals surface area (Å²) < 4.78 is 5.23. The van der Waals surface area contributed by atoms with Crippen molar-refractivity contribution >= 4 is 46.4 Å². The molecule has 0 spiro atoms. The summed E-state index contributed by atoms with van der Waals surface area (Å²) in [7, 11) is 0. The van der Waals surface area contributed by atoms with E-state index in [1.165, 1.54) is 6.20 Å². The highest BCUT2D eigenvalue weighted by atomic mass is 35.5. The fraction of sp³-hybridized carbons (Fsp3) is 0.0800.